The molecular weight excluding hydrogens is 255 g/mol. The van der Waals surface area contributed by atoms with E-state index in [4.69, 9.17) is 0 Å². The van der Waals surface area contributed by atoms with Gasteiger partial charge in [0.15, 0.2) is 0 Å². The summed E-state index contributed by atoms with van der Waals surface area (Å²) < 4.78 is 32.7. The molecule has 0 saturated carbocycles. The van der Waals surface area contributed by atoms with Crippen LogP contribution in [0, 0.1) is 6.92 Å². The first-order chi connectivity index (χ1) is 6.73. The molecule has 6 heteroatoms. The first kappa shape index (κ1) is 16.6. The molecule has 0 aliphatic heterocycles. The summed E-state index contributed by atoms with van der Waals surface area (Å²) in [5.41, 5.74) is 0.738. The fourth-order valence-electron chi connectivity index (χ4n) is 1.42. The zero-order valence-electron chi connectivity index (χ0n) is 9.81. The van der Waals surface area contributed by atoms with Crippen molar-refractivity contribution in [2.45, 2.75) is 31.6 Å². The van der Waals surface area contributed by atoms with E-state index < -0.39 is 10.1 Å². The van der Waals surface area contributed by atoms with Gasteiger partial charge in [-0.05, 0) is 36.1 Å². The molecule has 0 atom stereocenters. The average molecular weight is 268 g/mol. The Labute approximate surface area is 138 Å². The second-order valence-electron chi connectivity index (χ2n) is 3.79. The molecule has 1 N–H and O–H groups in total. The Kier molecular flexibility index (Phi) is 6.16. The molecule has 0 aliphatic rings. The van der Waals surface area contributed by atoms with Crippen LogP contribution in [-0.4, -0.2) is 18.1 Å². The molecule has 0 saturated heterocycles. The number of aromatic hydroxyl groups is 1. The molecule has 1 rings (SSSR count). The molecule has 1 aromatic carbocycles. The van der Waals surface area contributed by atoms with Gasteiger partial charge >= 0.3 is 51.4 Å². The van der Waals surface area contributed by atoms with Gasteiger partial charge in [-0.1, -0.05) is 13.8 Å². The van der Waals surface area contributed by atoms with E-state index in [2.05, 4.69) is 0 Å². The standard InChI is InChI=1S/C10H14O4S.K/c1-6(2)8-5-10(15(12,13)14)7(3)4-9(8)11;/h4-6,11H,1-3H3,(H,12,13,14);/q;+1/p-1. The molecule has 0 bridgehead atoms. The van der Waals surface area contributed by atoms with Gasteiger partial charge in [-0.3, -0.25) is 0 Å². The smallest absolute Gasteiger partial charge is 0.744 e. The van der Waals surface area contributed by atoms with Crippen LogP contribution < -0.4 is 51.4 Å². The van der Waals surface area contributed by atoms with Gasteiger partial charge in [-0.25, -0.2) is 8.42 Å². The number of phenols is 1. The molecule has 0 radical (unpaired) electrons. The summed E-state index contributed by atoms with van der Waals surface area (Å²) in [5.74, 6) is -0.0130. The zero-order valence-corrected chi connectivity index (χ0v) is 13.8. The van der Waals surface area contributed by atoms with Gasteiger partial charge in [0.2, 0.25) is 0 Å². The Balaban J connectivity index is 0.00000225. The molecule has 0 aromatic heterocycles. The van der Waals surface area contributed by atoms with Crippen LogP contribution in [0.2, 0.25) is 0 Å². The zero-order chi connectivity index (χ0) is 11.8. The van der Waals surface area contributed by atoms with Gasteiger partial charge in [0, 0.05) is 0 Å². The van der Waals surface area contributed by atoms with Crippen LogP contribution in [0.5, 0.6) is 5.75 Å². The van der Waals surface area contributed by atoms with E-state index in [1.54, 1.807) is 0 Å². The summed E-state index contributed by atoms with van der Waals surface area (Å²) in [5, 5.41) is 9.56. The van der Waals surface area contributed by atoms with Gasteiger partial charge < -0.3 is 9.66 Å². The molecule has 4 nitrogen and oxygen atoms in total. The van der Waals surface area contributed by atoms with Crippen molar-refractivity contribution in [2.24, 2.45) is 0 Å². The molecule has 0 aliphatic carbocycles. The predicted octanol–water partition coefficient (Wildman–Crippen LogP) is -1.27. The fraction of sp³-hybridized carbons (Fsp3) is 0.400. The van der Waals surface area contributed by atoms with Crippen LogP contribution in [-0.2, 0) is 10.1 Å². The number of hydrogen-bond acceptors (Lipinski definition) is 4. The fourth-order valence-corrected chi connectivity index (χ4v) is 2.14. The van der Waals surface area contributed by atoms with E-state index in [1.807, 2.05) is 13.8 Å². The monoisotopic (exact) mass is 268 g/mol. The Bertz CT molecular complexity index is 480. The number of phenolic OH excluding ortho intramolecular Hbond substituents is 1. The predicted molar refractivity (Wildman–Crippen MR) is 54.9 cm³/mol. The van der Waals surface area contributed by atoms with Crippen molar-refractivity contribution in [1.82, 2.24) is 0 Å². The molecule has 0 heterocycles. The molecule has 16 heavy (non-hydrogen) atoms. The summed E-state index contributed by atoms with van der Waals surface area (Å²) in [7, 11) is -4.47. The second kappa shape index (κ2) is 5.95. The van der Waals surface area contributed by atoms with E-state index in [-0.39, 0.29) is 73.5 Å². The van der Waals surface area contributed by atoms with Crippen LogP contribution >= 0.6 is 0 Å². The summed E-state index contributed by atoms with van der Waals surface area (Å²) in [6.07, 6.45) is 0. The number of hydrogen-bond donors (Lipinski definition) is 1. The van der Waals surface area contributed by atoms with Crippen LogP contribution in [0.15, 0.2) is 17.0 Å². The van der Waals surface area contributed by atoms with Crippen molar-refractivity contribution < 1.29 is 69.5 Å². The molecular formula is C10H13KO4S. The minimum atomic E-state index is -4.47. The van der Waals surface area contributed by atoms with Gasteiger partial charge in [-0.15, -0.1) is 0 Å². The van der Waals surface area contributed by atoms with Gasteiger partial charge in [0.25, 0.3) is 0 Å². The quantitative estimate of drug-likeness (QED) is 0.536. The van der Waals surface area contributed by atoms with Crippen molar-refractivity contribution in [3.8, 4) is 5.75 Å². The van der Waals surface area contributed by atoms with Crippen LogP contribution in [0.3, 0.4) is 0 Å². The minimum absolute atomic E-state index is 0. The third-order valence-corrected chi connectivity index (χ3v) is 3.19. The van der Waals surface area contributed by atoms with Crippen LogP contribution in [0.25, 0.3) is 0 Å². The Hall–Kier alpha value is 0.566. The third-order valence-electron chi connectivity index (χ3n) is 2.22. The SMILES string of the molecule is Cc1cc(O)c(C(C)C)cc1S(=O)(=O)[O-].[K+]. The number of aryl methyl sites for hydroxylation is 1. The van der Waals surface area contributed by atoms with Crippen molar-refractivity contribution in [3.63, 3.8) is 0 Å². The largest absolute Gasteiger partial charge is 1.00 e. The summed E-state index contributed by atoms with van der Waals surface area (Å²) in [6.45, 7) is 5.10. The minimum Gasteiger partial charge on any atom is -0.744 e. The topological polar surface area (TPSA) is 77.4 Å². The third kappa shape index (κ3) is 3.80. The van der Waals surface area contributed by atoms with E-state index in [1.165, 1.54) is 19.1 Å². The summed E-state index contributed by atoms with van der Waals surface area (Å²) in [4.78, 5) is -0.260. The maximum atomic E-state index is 10.9. The van der Waals surface area contributed by atoms with Crippen molar-refractivity contribution >= 4 is 10.1 Å². The van der Waals surface area contributed by atoms with Crippen molar-refractivity contribution in [2.75, 3.05) is 0 Å². The first-order valence-electron chi connectivity index (χ1n) is 4.53. The molecule has 84 valence electrons. The van der Waals surface area contributed by atoms with E-state index in [9.17, 15) is 18.1 Å². The summed E-state index contributed by atoms with van der Waals surface area (Å²) in [6, 6.07) is 2.55. The average Bonchev–Trinajstić information content (AvgIpc) is 2.00. The van der Waals surface area contributed by atoms with Crippen molar-refractivity contribution in [1.29, 1.82) is 0 Å². The molecule has 0 fully saturated rings. The van der Waals surface area contributed by atoms with Gasteiger partial charge in [0.05, 0.1) is 4.90 Å². The normalized spacial score (nSPS) is 11.3. The van der Waals surface area contributed by atoms with Crippen LogP contribution in [0.1, 0.15) is 30.9 Å². The molecule has 0 amide bonds. The Morgan fingerprint density at radius 3 is 2.19 bits per heavy atom. The van der Waals surface area contributed by atoms with E-state index in [0.29, 0.717) is 5.56 Å². The second-order valence-corrected chi connectivity index (χ2v) is 5.13. The number of benzene rings is 1. The first-order valence-corrected chi connectivity index (χ1v) is 5.93. The molecule has 0 unspecified atom stereocenters. The van der Waals surface area contributed by atoms with E-state index >= 15 is 0 Å². The molecule has 0 spiro atoms. The molecule has 1 aromatic rings. The maximum absolute atomic E-state index is 10.9. The van der Waals surface area contributed by atoms with Crippen LogP contribution in [0.4, 0.5) is 0 Å². The van der Waals surface area contributed by atoms with E-state index in [0.717, 1.165) is 0 Å². The Morgan fingerprint density at radius 2 is 1.81 bits per heavy atom. The Morgan fingerprint density at radius 1 is 1.31 bits per heavy atom. The van der Waals surface area contributed by atoms with Gasteiger partial charge in [0.1, 0.15) is 15.9 Å². The maximum Gasteiger partial charge on any atom is 1.00 e. The summed E-state index contributed by atoms with van der Waals surface area (Å²) >= 11 is 0. The van der Waals surface area contributed by atoms with Crippen molar-refractivity contribution in [3.05, 3.63) is 23.3 Å². The van der Waals surface area contributed by atoms with Gasteiger partial charge in [-0.2, -0.15) is 0 Å². The number of rotatable bonds is 2.